The number of carbonyl (C=O) groups excluding carboxylic acids is 2. The number of nitrogens with zero attached hydrogens (tertiary/aromatic N) is 1. The highest BCUT2D eigenvalue weighted by atomic mass is 79.9. The lowest BCUT2D eigenvalue weighted by Gasteiger charge is -2.44. The molecule has 0 radical (unpaired) electrons. The molecule has 4 nitrogen and oxygen atoms in total. The van der Waals surface area contributed by atoms with Gasteiger partial charge in [-0.05, 0) is 53.4 Å². The lowest BCUT2D eigenvalue weighted by Crippen LogP contribution is -2.67. The minimum absolute atomic E-state index is 0.0353. The molecule has 5 heteroatoms. The zero-order valence-electron chi connectivity index (χ0n) is 12.1. The highest BCUT2D eigenvalue weighted by Crippen LogP contribution is 2.36. The maximum atomic E-state index is 13.0. The van der Waals surface area contributed by atoms with Crippen molar-refractivity contribution in [2.24, 2.45) is 0 Å². The summed E-state index contributed by atoms with van der Waals surface area (Å²) in [7, 11) is 0. The predicted molar refractivity (Wildman–Crippen MR) is 85.2 cm³/mol. The van der Waals surface area contributed by atoms with Crippen molar-refractivity contribution >= 4 is 33.4 Å². The molecule has 1 spiro atoms. The number of nitrogens with one attached hydrogen (secondary N) is 1. The average molecular weight is 351 g/mol. The monoisotopic (exact) mass is 350 g/mol. The van der Waals surface area contributed by atoms with Crippen molar-refractivity contribution in [3.63, 3.8) is 0 Å². The number of aryl methyl sites for hydroxylation is 1. The van der Waals surface area contributed by atoms with E-state index in [1.165, 1.54) is 0 Å². The second-order valence-electron chi connectivity index (χ2n) is 6.04. The molecule has 1 aliphatic heterocycles. The van der Waals surface area contributed by atoms with Gasteiger partial charge in [0.15, 0.2) is 0 Å². The Balaban J connectivity index is 1.99. The van der Waals surface area contributed by atoms with Gasteiger partial charge in [0.2, 0.25) is 5.91 Å². The van der Waals surface area contributed by atoms with E-state index in [1.807, 2.05) is 25.1 Å². The van der Waals surface area contributed by atoms with Crippen LogP contribution in [0.3, 0.4) is 0 Å². The number of hydrogen-bond donors (Lipinski definition) is 1. The van der Waals surface area contributed by atoms with Gasteiger partial charge in [-0.1, -0.05) is 25.3 Å². The third kappa shape index (κ3) is 2.59. The average Bonchev–Trinajstić information content (AvgIpc) is 2.47. The Hall–Kier alpha value is -1.36. The molecule has 1 aromatic carbocycles. The van der Waals surface area contributed by atoms with Crippen molar-refractivity contribution < 1.29 is 9.59 Å². The molecule has 21 heavy (non-hydrogen) atoms. The molecule has 1 N–H and O–H groups in total. The maximum Gasteiger partial charge on any atom is 0.253 e. The Morgan fingerprint density at radius 2 is 1.90 bits per heavy atom. The highest BCUT2D eigenvalue weighted by molar-refractivity contribution is 9.10. The molecule has 1 saturated heterocycles. The third-order valence-corrected chi connectivity index (χ3v) is 5.11. The molecule has 1 heterocycles. The smallest absolute Gasteiger partial charge is 0.253 e. The third-order valence-electron chi connectivity index (χ3n) is 4.43. The Bertz CT molecular complexity index is 594. The number of benzene rings is 1. The van der Waals surface area contributed by atoms with Gasteiger partial charge in [0.25, 0.3) is 5.91 Å². The number of piperazine rings is 1. The molecule has 3 rings (SSSR count). The van der Waals surface area contributed by atoms with Gasteiger partial charge < -0.3 is 5.32 Å². The SMILES string of the molecule is Cc1ccc(Br)c(N2CC(=O)NC3(CCCCC3)C2=O)c1. The van der Waals surface area contributed by atoms with Crippen LogP contribution in [0.1, 0.15) is 37.7 Å². The highest BCUT2D eigenvalue weighted by Gasteiger charge is 2.47. The normalized spacial score (nSPS) is 21.5. The van der Waals surface area contributed by atoms with E-state index in [1.54, 1.807) is 4.90 Å². The summed E-state index contributed by atoms with van der Waals surface area (Å²) in [6.07, 6.45) is 4.62. The summed E-state index contributed by atoms with van der Waals surface area (Å²) in [5.74, 6) is -0.0296. The Morgan fingerprint density at radius 3 is 2.62 bits per heavy atom. The van der Waals surface area contributed by atoms with E-state index < -0.39 is 5.54 Å². The van der Waals surface area contributed by atoms with Gasteiger partial charge in [-0.15, -0.1) is 0 Å². The second kappa shape index (κ2) is 5.44. The first-order valence-electron chi connectivity index (χ1n) is 7.41. The molecule has 2 amide bonds. The molecular formula is C16H19BrN2O2. The molecule has 112 valence electrons. The Labute approximate surface area is 133 Å². The molecule has 2 aliphatic rings. The van der Waals surface area contributed by atoms with Crippen LogP contribution in [0.4, 0.5) is 5.69 Å². The summed E-state index contributed by atoms with van der Waals surface area (Å²) >= 11 is 3.50. The van der Waals surface area contributed by atoms with E-state index in [2.05, 4.69) is 21.2 Å². The standard InChI is InChI=1S/C16H19BrN2O2/c1-11-5-6-12(17)13(9-11)19-10-14(20)18-16(15(19)21)7-3-2-4-8-16/h5-6,9H,2-4,7-8,10H2,1H3,(H,18,20). The van der Waals surface area contributed by atoms with Crippen molar-refractivity contribution in [3.8, 4) is 0 Å². The molecule has 0 aromatic heterocycles. The molecule has 2 fully saturated rings. The quantitative estimate of drug-likeness (QED) is 0.846. The zero-order chi connectivity index (χ0) is 15.0. The number of hydrogen-bond acceptors (Lipinski definition) is 2. The van der Waals surface area contributed by atoms with Crippen molar-refractivity contribution in [2.75, 3.05) is 11.4 Å². The van der Waals surface area contributed by atoms with Crippen molar-refractivity contribution in [1.29, 1.82) is 0 Å². The van der Waals surface area contributed by atoms with Crippen LogP contribution in [0, 0.1) is 6.92 Å². The topological polar surface area (TPSA) is 49.4 Å². The van der Waals surface area contributed by atoms with Crippen LogP contribution in [0.2, 0.25) is 0 Å². The Morgan fingerprint density at radius 1 is 1.19 bits per heavy atom. The molecule has 0 unspecified atom stereocenters. The first-order valence-corrected chi connectivity index (χ1v) is 8.20. The number of amides is 2. The van der Waals surface area contributed by atoms with E-state index in [9.17, 15) is 9.59 Å². The van der Waals surface area contributed by atoms with Crippen molar-refractivity contribution in [3.05, 3.63) is 28.2 Å². The van der Waals surface area contributed by atoms with Crippen LogP contribution in [-0.4, -0.2) is 23.9 Å². The van der Waals surface area contributed by atoms with Gasteiger partial charge in [-0.3, -0.25) is 14.5 Å². The molecule has 0 atom stereocenters. The van der Waals surface area contributed by atoms with Crippen LogP contribution in [0.15, 0.2) is 22.7 Å². The predicted octanol–water partition coefficient (Wildman–Crippen LogP) is 2.92. The Kier molecular flexibility index (Phi) is 3.78. The number of carbonyl (C=O) groups is 2. The maximum absolute atomic E-state index is 13.0. The number of rotatable bonds is 1. The van der Waals surface area contributed by atoms with Crippen LogP contribution in [-0.2, 0) is 9.59 Å². The lowest BCUT2D eigenvalue weighted by atomic mass is 9.79. The first-order chi connectivity index (χ1) is 10.0. The minimum Gasteiger partial charge on any atom is -0.340 e. The van der Waals surface area contributed by atoms with Gasteiger partial charge in [0.1, 0.15) is 12.1 Å². The molecule has 0 bridgehead atoms. The summed E-state index contributed by atoms with van der Waals surface area (Å²) in [6, 6.07) is 5.87. The fourth-order valence-electron chi connectivity index (χ4n) is 3.35. The molecule has 1 saturated carbocycles. The summed E-state index contributed by atoms with van der Waals surface area (Å²) in [5.41, 5.74) is 1.18. The van der Waals surface area contributed by atoms with E-state index in [-0.39, 0.29) is 18.4 Å². The summed E-state index contributed by atoms with van der Waals surface area (Å²) in [5, 5.41) is 2.97. The molecule has 1 aliphatic carbocycles. The number of anilines is 1. The van der Waals surface area contributed by atoms with Crippen LogP contribution < -0.4 is 10.2 Å². The molecule has 1 aromatic rings. The first kappa shape index (κ1) is 14.6. The van der Waals surface area contributed by atoms with Gasteiger partial charge in [-0.25, -0.2) is 0 Å². The van der Waals surface area contributed by atoms with E-state index in [0.717, 1.165) is 47.8 Å². The van der Waals surface area contributed by atoms with E-state index >= 15 is 0 Å². The number of halogens is 1. The van der Waals surface area contributed by atoms with Crippen LogP contribution in [0.5, 0.6) is 0 Å². The van der Waals surface area contributed by atoms with Crippen molar-refractivity contribution in [2.45, 2.75) is 44.6 Å². The second-order valence-corrected chi connectivity index (χ2v) is 6.89. The van der Waals surface area contributed by atoms with E-state index in [4.69, 9.17) is 0 Å². The van der Waals surface area contributed by atoms with Crippen molar-refractivity contribution in [1.82, 2.24) is 5.32 Å². The van der Waals surface area contributed by atoms with Gasteiger partial charge in [0, 0.05) is 4.47 Å². The lowest BCUT2D eigenvalue weighted by molar-refractivity contribution is -0.137. The fraction of sp³-hybridized carbons (Fsp3) is 0.500. The summed E-state index contributed by atoms with van der Waals surface area (Å²) in [4.78, 5) is 26.8. The van der Waals surface area contributed by atoms with E-state index in [0.29, 0.717) is 0 Å². The zero-order valence-corrected chi connectivity index (χ0v) is 13.7. The largest absolute Gasteiger partial charge is 0.340 e. The van der Waals surface area contributed by atoms with Crippen LogP contribution >= 0.6 is 15.9 Å². The van der Waals surface area contributed by atoms with Crippen LogP contribution in [0.25, 0.3) is 0 Å². The molecular weight excluding hydrogens is 332 g/mol. The summed E-state index contributed by atoms with van der Waals surface area (Å²) < 4.78 is 0.849. The van der Waals surface area contributed by atoms with Gasteiger partial charge in [-0.2, -0.15) is 0 Å². The van der Waals surface area contributed by atoms with Gasteiger partial charge >= 0.3 is 0 Å². The minimum atomic E-state index is -0.684. The van der Waals surface area contributed by atoms with Gasteiger partial charge in [0.05, 0.1) is 5.69 Å². The summed E-state index contributed by atoms with van der Waals surface area (Å²) in [6.45, 7) is 2.09. The fourth-order valence-corrected chi connectivity index (χ4v) is 3.81.